The smallest absolute Gasteiger partial charge is 0.220 e. The van der Waals surface area contributed by atoms with Crippen molar-refractivity contribution in [3.05, 3.63) is 0 Å². The van der Waals surface area contributed by atoms with Crippen LogP contribution >= 0.6 is 0 Å². The van der Waals surface area contributed by atoms with Gasteiger partial charge >= 0.3 is 0 Å². The van der Waals surface area contributed by atoms with E-state index in [0.717, 1.165) is 19.3 Å². The number of hydrogen-bond donors (Lipinski definition) is 3. The van der Waals surface area contributed by atoms with E-state index in [0.29, 0.717) is 18.8 Å². The second kappa shape index (κ2) is 6.36. The van der Waals surface area contributed by atoms with Gasteiger partial charge in [0.15, 0.2) is 0 Å². The van der Waals surface area contributed by atoms with Crippen molar-refractivity contribution in [1.82, 2.24) is 5.32 Å². The summed E-state index contributed by atoms with van der Waals surface area (Å²) in [5.41, 5.74) is 5.25. The van der Waals surface area contributed by atoms with E-state index in [-0.39, 0.29) is 24.1 Å². The number of nitrogens with two attached hydrogens (primary N) is 1. The van der Waals surface area contributed by atoms with Gasteiger partial charge in [0.05, 0.1) is 12.1 Å². The first-order valence-electron chi connectivity index (χ1n) is 6.65. The molecule has 100 valence electrons. The normalized spacial score (nSPS) is 30.9. The summed E-state index contributed by atoms with van der Waals surface area (Å²) in [5, 5.41) is 12.6. The number of hydrogen-bond acceptors (Lipinski definition) is 3. The lowest BCUT2D eigenvalue weighted by Gasteiger charge is -2.39. The zero-order chi connectivity index (χ0) is 12.9. The molecule has 1 aliphatic rings. The Hall–Kier alpha value is -0.610. The average molecular weight is 242 g/mol. The monoisotopic (exact) mass is 242 g/mol. The number of aliphatic hydroxyl groups excluding tert-OH is 1. The second-order valence-corrected chi connectivity index (χ2v) is 5.70. The van der Waals surface area contributed by atoms with Gasteiger partial charge in [-0.1, -0.05) is 19.8 Å². The van der Waals surface area contributed by atoms with Crippen molar-refractivity contribution >= 4 is 5.91 Å². The molecule has 1 fully saturated rings. The number of rotatable bonds is 5. The Morgan fingerprint density at radius 1 is 1.65 bits per heavy atom. The van der Waals surface area contributed by atoms with Crippen LogP contribution in [0.4, 0.5) is 0 Å². The van der Waals surface area contributed by atoms with E-state index < -0.39 is 0 Å². The van der Waals surface area contributed by atoms with Crippen molar-refractivity contribution in [2.75, 3.05) is 6.61 Å². The molecule has 0 aromatic rings. The molecule has 1 aliphatic carbocycles. The van der Waals surface area contributed by atoms with E-state index in [1.165, 1.54) is 6.42 Å². The van der Waals surface area contributed by atoms with Crippen LogP contribution in [0.5, 0.6) is 0 Å². The molecule has 4 heteroatoms. The highest BCUT2D eigenvalue weighted by Gasteiger charge is 2.35. The van der Waals surface area contributed by atoms with Crippen LogP contribution in [0, 0.1) is 5.92 Å². The molecule has 4 N–H and O–H groups in total. The quantitative estimate of drug-likeness (QED) is 0.677. The van der Waals surface area contributed by atoms with Gasteiger partial charge in [-0.3, -0.25) is 4.79 Å². The fourth-order valence-corrected chi connectivity index (χ4v) is 2.67. The first-order chi connectivity index (χ1) is 7.97. The summed E-state index contributed by atoms with van der Waals surface area (Å²) in [6.07, 6.45) is 5.19. The van der Waals surface area contributed by atoms with E-state index in [4.69, 9.17) is 5.73 Å². The van der Waals surface area contributed by atoms with Crippen molar-refractivity contribution in [3.8, 4) is 0 Å². The van der Waals surface area contributed by atoms with Crippen molar-refractivity contribution in [2.24, 2.45) is 11.7 Å². The van der Waals surface area contributed by atoms with Crippen molar-refractivity contribution in [1.29, 1.82) is 0 Å². The number of amides is 1. The Morgan fingerprint density at radius 2 is 2.35 bits per heavy atom. The molecule has 1 rings (SSSR count). The standard InChI is InChI=1S/C13H26N2O2/c1-10-4-3-7-13(8-10,9-16)15-12(17)6-5-11(2)14/h10-11,16H,3-9,14H2,1-2H3,(H,15,17). The van der Waals surface area contributed by atoms with Gasteiger partial charge in [-0.15, -0.1) is 0 Å². The molecular weight excluding hydrogens is 216 g/mol. The molecule has 0 spiro atoms. The molecule has 0 saturated heterocycles. The van der Waals surface area contributed by atoms with Gasteiger partial charge < -0.3 is 16.2 Å². The summed E-state index contributed by atoms with van der Waals surface area (Å²) < 4.78 is 0. The zero-order valence-electron chi connectivity index (χ0n) is 11.0. The number of carbonyl (C=O) groups excluding carboxylic acids is 1. The molecule has 0 radical (unpaired) electrons. The maximum absolute atomic E-state index is 11.8. The molecule has 17 heavy (non-hydrogen) atoms. The van der Waals surface area contributed by atoms with E-state index in [1.807, 2.05) is 6.92 Å². The minimum absolute atomic E-state index is 0.0189. The lowest BCUT2D eigenvalue weighted by atomic mass is 9.76. The third kappa shape index (κ3) is 4.64. The second-order valence-electron chi connectivity index (χ2n) is 5.70. The summed E-state index contributed by atoms with van der Waals surface area (Å²) in [5.74, 6) is 0.593. The minimum atomic E-state index is -0.382. The molecule has 0 heterocycles. The predicted octanol–water partition coefficient (Wildman–Crippen LogP) is 1.17. The van der Waals surface area contributed by atoms with E-state index in [9.17, 15) is 9.90 Å². The molecule has 3 atom stereocenters. The predicted molar refractivity (Wildman–Crippen MR) is 68.5 cm³/mol. The van der Waals surface area contributed by atoms with Gasteiger partial charge in [0, 0.05) is 12.5 Å². The summed E-state index contributed by atoms with van der Waals surface area (Å²) >= 11 is 0. The van der Waals surface area contributed by atoms with Gasteiger partial charge in [0.2, 0.25) is 5.91 Å². The van der Waals surface area contributed by atoms with Crippen LogP contribution in [-0.2, 0) is 4.79 Å². The van der Waals surface area contributed by atoms with Gasteiger partial charge in [0.25, 0.3) is 0 Å². The SMILES string of the molecule is CC(N)CCC(=O)NC1(CO)CCCC(C)C1. The topological polar surface area (TPSA) is 75.4 Å². The maximum atomic E-state index is 11.8. The molecule has 1 saturated carbocycles. The van der Waals surface area contributed by atoms with Gasteiger partial charge in [0.1, 0.15) is 0 Å². The first kappa shape index (κ1) is 14.5. The van der Waals surface area contributed by atoms with Crippen LogP contribution < -0.4 is 11.1 Å². The maximum Gasteiger partial charge on any atom is 0.220 e. The fraction of sp³-hybridized carbons (Fsp3) is 0.923. The van der Waals surface area contributed by atoms with Crippen molar-refractivity contribution in [2.45, 2.75) is 64.0 Å². The molecule has 0 bridgehead atoms. The number of aliphatic hydroxyl groups is 1. The third-order valence-electron chi connectivity index (χ3n) is 3.63. The Morgan fingerprint density at radius 3 is 2.88 bits per heavy atom. The van der Waals surface area contributed by atoms with E-state index in [1.54, 1.807) is 0 Å². The van der Waals surface area contributed by atoms with Crippen LogP contribution in [0.15, 0.2) is 0 Å². The highest BCUT2D eigenvalue weighted by molar-refractivity contribution is 5.76. The Kier molecular flexibility index (Phi) is 5.40. The average Bonchev–Trinajstić information content (AvgIpc) is 2.26. The van der Waals surface area contributed by atoms with Crippen LogP contribution in [-0.4, -0.2) is 29.2 Å². The molecule has 4 nitrogen and oxygen atoms in total. The largest absolute Gasteiger partial charge is 0.394 e. The first-order valence-corrected chi connectivity index (χ1v) is 6.65. The summed E-state index contributed by atoms with van der Waals surface area (Å²) in [6, 6.07) is 0.0519. The van der Waals surface area contributed by atoms with Crippen LogP contribution in [0.3, 0.4) is 0 Å². The Labute approximate surface area is 104 Å². The Bertz CT molecular complexity index is 256. The molecular formula is C13H26N2O2. The zero-order valence-corrected chi connectivity index (χ0v) is 11.0. The van der Waals surface area contributed by atoms with Gasteiger partial charge in [-0.25, -0.2) is 0 Å². The lowest BCUT2D eigenvalue weighted by molar-refractivity contribution is -0.124. The highest BCUT2D eigenvalue weighted by atomic mass is 16.3. The molecule has 3 unspecified atom stereocenters. The van der Waals surface area contributed by atoms with Crippen LogP contribution in [0.25, 0.3) is 0 Å². The van der Waals surface area contributed by atoms with Gasteiger partial charge in [-0.2, -0.15) is 0 Å². The Balaban J connectivity index is 2.47. The van der Waals surface area contributed by atoms with E-state index >= 15 is 0 Å². The number of carbonyl (C=O) groups is 1. The summed E-state index contributed by atoms with van der Waals surface area (Å²) in [6.45, 7) is 4.12. The number of nitrogens with one attached hydrogen (secondary N) is 1. The van der Waals surface area contributed by atoms with Gasteiger partial charge in [-0.05, 0) is 32.1 Å². The third-order valence-corrected chi connectivity index (χ3v) is 3.63. The van der Waals surface area contributed by atoms with Crippen LogP contribution in [0.2, 0.25) is 0 Å². The minimum Gasteiger partial charge on any atom is -0.394 e. The molecule has 0 aromatic heterocycles. The summed E-state index contributed by atoms with van der Waals surface area (Å²) in [4.78, 5) is 11.8. The molecule has 0 aromatic carbocycles. The summed E-state index contributed by atoms with van der Waals surface area (Å²) in [7, 11) is 0. The molecule has 1 amide bonds. The van der Waals surface area contributed by atoms with Crippen molar-refractivity contribution < 1.29 is 9.90 Å². The lowest BCUT2D eigenvalue weighted by Crippen LogP contribution is -2.53. The van der Waals surface area contributed by atoms with Crippen LogP contribution in [0.1, 0.15) is 52.4 Å². The van der Waals surface area contributed by atoms with E-state index in [2.05, 4.69) is 12.2 Å². The highest BCUT2D eigenvalue weighted by Crippen LogP contribution is 2.32. The fourth-order valence-electron chi connectivity index (χ4n) is 2.67. The molecule has 0 aliphatic heterocycles. The van der Waals surface area contributed by atoms with Crippen molar-refractivity contribution in [3.63, 3.8) is 0 Å².